The molecule has 1 aliphatic heterocycles. The van der Waals surface area contributed by atoms with Crippen molar-refractivity contribution in [1.82, 2.24) is 15.2 Å². The first kappa shape index (κ1) is 22.9. The molecular weight excluding hydrogens is 427 g/mol. The van der Waals surface area contributed by atoms with Crippen LogP contribution in [0.25, 0.3) is 0 Å². The van der Waals surface area contributed by atoms with Crippen LogP contribution < -0.4 is 20.1 Å². The summed E-state index contributed by atoms with van der Waals surface area (Å²) in [6.45, 7) is 1.93. The second kappa shape index (κ2) is 10.5. The maximum absolute atomic E-state index is 12.5. The van der Waals surface area contributed by atoms with Crippen LogP contribution in [0.15, 0.2) is 55.0 Å². The van der Waals surface area contributed by atoms with Gasteiger partial charge in [-0.15, -0.1) is 0 Å². The molecule has 3 N–H and O–H groups in total. The van der Waals surface area contributed by atoms with Crippen LogP contribution in [-0.2, 0) is 11.0 Å². The van der Waals surface area contributed by atoms with Gasteiger partial charge in [0.05, 0.1) is 18.6 Å². The van der Waals surface area contributed by atoms with Crippen LogP contribution in [0.5, 0.6) is 17.2 Å². The smallest absolute Gasteiger partial charge is 0.433 e. The van der Waals surface area contributed by atoms with E-state index in [1.54, 1.807) is 6.07 Å². The lowest BCUT2D eigenvalue weighted by Gasteiger charge is -2.18. The van der Waals surface area contributed by atoms with Crippen molar-refractivity contribution in [3.05, 3.63) is 60.7 Å². The van der Waals surface area contributed by atoms with Crippen molar-refractivity contribution in [3.63, 3.8) is 0 Å². The van der Waals surface area contributed by atoms with Gasteiger partial charge in [0.25, 0.3) is 5.91 Å². The van der Waals surface area contributed by atoms with Gasteiger partial charge in [0.2, 0.25) is 0 Å². The van der Waals surface area contributed by atoms with E-state index in [0.29, 0.717) is 11.5 Å². The number of aromatic nitrogens is 3. The number of rotatable bonds is 6. The number of pyridine rings is 1. The number of hydrogen-bond acceptors (Lipinski definition) is 6. The molecule has 0 radical (unpaired) electrons. The summed E-state index contributed by atoms with van der Waals surface area (Å²) in [4.78, 5) is 15.8. The molecule has 0 atom stereocenters. The first-order valence-electron chi connectivity index (χ1n) is 9.77. The molecule has 11 heteroatoms. The summed E-state index contributed by atoms with van der Waals surface area (Å²) >= 11 is 0. The Morgan fingerprint density at radius 2 is 1.88 bits per heavy atom. The molecule has 1 fully saturated rings. The highest BCUT2D eigenvalue weighted by Gasteiger charge is 2.32. The van der Waals surface area contributed by atoms with E-state index in [1.165, 1.54) is 31.3 Å². The molecule has 1 aliphatic rings. The molecule has 170 valence electrons. The Bertz CT molecular complexity index is 989. The Kier molecular flexibility index (Phi) is 7.53. The lowest BCUT2D eigenvalue weighted by Crippen LogP contribution is -2.19. The molecule has 1 saturated heterocycles. The fourth-order valence-electron chi connectivity index (χ4n) is 2.94. The molecule has 0 bridgehead atoms. The highest BCUT2D eigenvalue weighted by atomic mass is 19.4. The van der Waals surface area contributed by atoms with E-state index in [4.69, 9.17) is 15.2 Å². The van der Waals surface area contributed by atoms with E-state index < -0.39 is 17.8 Å². The van der Waals surface area contributed by atoms with Gasteiger partial charge in [0.15, 0.2) is 12.4 Å². The summed E-state index contributed by atoms with van der Waals surface area (Å²) in [5, 5.41) is 6.12. The normalized spacial score (nSPS) is 13.3. The van der Waals surface area contributed by atoms with Crippen molar-refractivity contribution in [3.8, 4) is 17.2 Å². The monoisotopic (exact) mass is 449 g/mol. The number of amides is 1. The average molecular weight is 449 g/mol. The number of nitrogens with zero attached hydrogens (tertiary/aromatic N) is 3. The van der Waals surface area contributed by atoms with Gasteiger partial charge in [0.1, 0.15) is 17.2 Å². The predicted molar refractivity (Wildman–Crippen MR) is 110 cm³/mol. The zero-order chi connectivity index (χ0) is 23.0. The number of ether oxygens (including phenoxy) is 2. The van der Waals surface area contributed by atoms with E-state index in [1.807, 2.05) is 18.2 Å². The van der Waals surface area contributed by atoms with Gasteiger partial charge >= 0.3 is 6.18 Å². The number of halogens is 3. The Labute approximate surface area is 182 Å². The zero-order valence-electron chi connectivity index (χ0n) is 17.0. The maximum atomic E-state index is 12.5. The highest BCUT2D eigenvalue weighted by Crippen LogP contribution is 2.30. The Morgan fingerprint density at radius 1 is 1.09 bits per heavy atom. The van der Waals surface area contributed by atoms with Crippen molar-refractivity contribution in [2.24, 2.45) is 5.73 Å². The third-order valence-corrected chi connectivity index (χ3v) is 4.41. The topological polar surface area (TPSA) is 106 Å². The SMILES string of the molecule is FC(F)(F)c1ccc(Oc2cccc(N3CCCC3)c2)cn1.NC(=O)COc1cn[nH]c1. The Balaban J connectivity index is 0.000000243. The third kappa shape index (κ3) is 6.89. The summed E-state index contributed by atoms with van der Waals surface area (Å²) in [7, 11) is 0. The molecule has 8 nitrogen and oxygen atoms in total. The number of nitrogens with two attached hydrogens (primary N) is 1. The molecule has 3 aromatic rings. The lowest BCUT2D eigenvalue weighted by atomic mass is 10.2. The number of hydrogen-bond donors (Lipinski definition) is 2. The van der Waals surface area contributed by atoms with Crippen LogP contribution >= 0.6 is 0 Å². The number of benzene rings is 1. The van der Waals surface area contributed by atoms with Gasteiger partial charge in [-0.05, 0) is 37.1 Å². The minimum atomic E-state index is -4.44. The zero-order valence-corrected chi connectivity index (χ0v) is 17.0. The lowest BCUT2D eigenvalue weighted by molar-refractivity contribution is -0.141. The summed E-state index contributed by atoms with van der Waals surface area (Å²) in [6, 6.07) is 9.74. The van der Waals surface area contributed by atoms with Crippen LogP contribution in [-0.4, -0.2) is 40.8 Å². The number of alkyl halides is 3. The Morgan fingerprint density at radius 3 is 2.47 bits per heavy atom. The molecule has 1 amide bonds. The van der Waals surface area contributed by atoms with Crippen LogP contribution in [0.4, 0.5) is 18.9 Å². The minimum Gasteiger partial charge on any atom is -0.481 e. The number of aromatic amines is 1. The third-order valence-electron chi connectivity index (χ3n) is 4.41. The van der Waals surface area contributed by atoms with E-state index >= 15 is 0 Å². The predicted octanol–water partition coefficient (Wildman–Crippen LogP) is 3.77. The minimum absolute atomic E-state index is 0.112. The quantitative estimate of drug-likeness (QED) is 0.594. The van der Waals surface area contributed by atoms with E-state index in [0.717, 1.165) is 31.0 Å². The molecular formula is C21H22F3N5O3. The molecule has 4 rings (SSSR count). The average Bonchev–Trinajstić information content (AvgIpc) is 3.47. The number of nitrogens with one attached hydrogen (secondary N) is 1. The molecule has 1 aromatic carbocycles. The van der Waals surface area contributed by atoms with E-state index in [-0.39, 0.29) is 12.4 Å². The van der Waals surface area contributed by atoms with E-state index in [9.17, 15) is 18.0 Å². The molecule has 32 heavy (non-hydrogen) atoms. The summed E-state index contributed by atoms with van der Waals surface area (Å²) < 4.78 is 47.8. The summed E-state index contributed by atoms with van der Waals surface area (Å²) in [6.07, 6.45) is 1.99. The van der Waals surface area contributed by atoms with E-state index in [2.05, 4.69) is 20.1 Å². The molecule has 0 aliphatic carbocycles. The van der Waals surface area contributed by atoms with Gasteiger partial charge in [-0.3, -0.25) is 9.89 Å². The second-order valence-electron chi connectivity index (χ2n) is 6.86. The molecule has 0 spiro atoms. The summed E-state index contributed by atoms with van der Waals surface area (Å²) in [5.74, 6) is 0.887. The van der Waals surface area contributed by atoms with Crippen LogP contribution in [0.3, 0.4) is 0 Å². The van der Waals surface area contributed by atoms with Crippen molar-refractivity contribution in [1.29, 1.82) is 0 Å². The number of carbonyl (C=O) groups excluding carboxylic acids is 1. The van der Waals surface area contributed by atoms with Gasteiger partial charge in [-0.25, -0.2) is 4.98 Å². The Hall–Kier alpha value is -3.76. The van der Waals surface area contributed by atoms with Crippen molar-refractivity contribution in [2.45, 2.75) is 19.0 Å². The molecule has 0 unspecified atom stereocenters. The van der Waals surface area contributed by atoms with Crippen LogP contribution in [0.2, 0.25) is 0 Å². The first-order chi connectivity index (χ1) is 15.3. The van der Waals surface area contributed by atoms with Crippen molar-refractivity contribution < 1.29 is 27.4 Å². The van der Waals surface area contributed by atoms with Gasteiger partial charge in [-0.2, -0.15) is 18.3 Å². The fraction of sp³-hybridized carbons (Fsp3) is 0.286. The standard InChI is InChI=1S/C16H15F3N2O.C5H7N3O2/c17-16(18,19)15-7-6-14(11-20-15)22-13-5-3-4-12(10-13)21-8-1-2-9-21;6-5(9)3-10-4-1-7-8-2-4/h3-7,10-11H,1-2,8-9H2;1-2H,3H2,(H2,6,9)(H,7,8). The van der Waals surface area contributed by atoms with Gasteiger partial charge < -0.3 is 20.1 Å². The number of anilines is 1. The first-order valence-corrected chi connectivity index (χ1v) is 9.77. The number of primary amides is 1. The number of H-pyrrole nitrogens is 1. The largest absolute Gasteiger partial charge is 0.481 e. The fourth-order valence-corrected chi connectivity index (χ4v) is 2.94. The number of carbonyl (C=O) groups is 1. The molecule has 2 aromatic heterocycles. The highest BCUT2D eigenvalue weighted by molar-refractivity contribution is 5.75. The van der Waals surface area contributed by atoms with Gasteiger partial charge in [0, 0.05) is 24.8 Å². The molecule has 0 saturated carbocycles. The van der Waals surface area contributed by atoms with Gasteiger partial charge in [-0.1, -0.05) is 6.07 Å². The maximum Gasteiger partial charge on any atom is 0.433 e. The molecule has 3 heterocycles. The van der Waals surface area contributed by atoms with Crippen molar-refractivity contribution >= 4 is 11.6 Å². The summed E-state index contributed by atoms with van der Waals surface area (Å²) in [5.41, 5.74) is 4.95. The van der Waals surface area contributed by atoms with Crippen LogP contribution in [0, 0.1) is 0 Å². The second-order valence-corrected chi connectivity index (χ2v) is 6.86. The van der Waals surface area contributed by atoms with Crippen LogP contribution in [0.1, 0.15) is 18.5 Å². The van der Waals surface area contributed by atoms with Crippen molar-refractivity contribution in [2.75, 3.05) is 24.6 Å².